The van der Waals surface area contributed by atoms with Gasteiger partial charge in [0.05, 0.1) is 6.04 Å². The molecule has 4 N–H and O–H groups in total. The summed E-state index contributed by atoms with van der Waals surface area (Å²) in [5.74, 6) is -1.36. The topological polar surface area (TPSA) is 92.4 Å². The highest BCUT2D eigenvalue weighted by molar-refractivity contribution is 5.89. The highest BCUT2D eigenvalue weighted by atomic mass is 16.4. The van der Waals surface area contributed by atoms with Gasteiger partial charge in [-0.05, 0) is 31.6 Å². The first-order valence-corrected chi connectivity index (χ1v) is 7.10. The third-order valence-corrected chi connectivity index (χ3v) is 4.27. The van der Waals surface area contributed by atoms with E-state index in [0.29, 0.717) is 0 Å². The molecule has 5 heteroatoms. The van der Waals surface area contributed by atoms with Gasteiger partial charge in [0.25, 0.3) is 0 Å². The number of hydrogen-bond donors (Lipinski definition) is 3. The van der Waals surface area contributed by atoms with Gasteiger partial charge in [0, 0.05) is 0 Å². The molecule has 1 amide bonds. The molecular formula is C14H26N2O3. The number of nitrogens with two attached hydrogens (primary N) is 1. The lowest BCUT2D eigenvalue weighted by Crippen LogP contribution is -2.61. The molecule has 0 aromatic rings. The Bertz CT molecular complexity index is 338. The summed E-state index contributed by atoms with van der Waals surface area (Å²) in [5, 5.41) is 12.2. The summed E-state index contributed by atoms with van der Waals surface area (Å²) < 4.78 is 0. The van der Waals surface area contributed by atoms with Crippen LogP contribution < -0.4 is 11.1 Å². The predicted molar refractivity (Wildman–Crippen MR) is 73.6 cm³/mol. The number of amides is 1. The average molecular weight is 270 g/mol. The van der Waals surface area contributed by atoms with Crippen molar-refractivity contribution in [2.45, 2.75) is 64.5 Å². The van der Waals surface area contributed by atoms with Gasteiger partial charge in [-0.25, -0.2) is 4.79 Å². The first kappa shape index (κ1) is 16.0. The zero-order valence-corrected chi connectivity index (χ0v) is 12.1. The Morgan fingerprint density at radius 2 is 1.79 bits per heavy atom. The van der Waals surface area contributed by atoms with Crippen molar-refractivity contribution in [2.75, 3.05) is 0 Å². The largest absolute Gasteiger partial charge is 0.480 e. The molecule has 0 aliphatic heterocycles. The van der Waals surface area contributed by atoms with E-state index in [1.54, 1.807) is 6.92 Å². The van der Waals surface area contributed by atoms with Crippen molar-refractivity contribution in [3.05, 3.63) is 0 Å². The fourth-order valence-corrected chi connectivity index (χ4v) is 2.65. The minimum atomic E-state index is -1.20. The van der Waals surface area contributed by atoms with E-state index in [9.17, 15) is 14.7 Å². The van der Waals surface area contributed by atoms with E-state index >= 15 is 0 Å². The van der Waals surface area contributed by atoms with Crippen molar-refractivity contribution in [1.82, 2.24) is 5.32 Å². The van der Waals surface area contributed by atoms with Crippen LogP contribution in [-0.2, 0) is 9.59 Å². The molecule has 0 heterocycles. The Kier molecular flexibility index (Phi) is 5.35. The van der Waals surface area contributed by atoms with Crippen molar-refractivity contribution in [2.24, 2.45) is 17.6 Å². The normalized spacial score (nSPS) is 21.7. The molecule has 0 aromatic carbocycles. The lowest BCUT2D eigenvalue weighted by molar-refractivity contribution is -0.150. The van der Waals surface area contributed by atoms with Gasteiger partial charge in [-0.2, -0.15) is 0 Å². The molecule has 1 aliphatic rings. The average Bonchev–Trinajstić information content (AvgIpc) is 2.38. The van der Waals surface area contributed by atoms with Gasteiger partial charge in [-0.1, -0.05) is 33.1 Å². The van der Waals surface area contributed by atoms with Gasteiger partial charge in [-0.3, -0.25) is 4.79 Å². The number of aliphatic carboxylic acids is 1. The molecule has 5 nitrogen and oxygen atoms in total. The maximum absolute atomic E-state index is 12.0. The Hall–Kier alpha value is -1.10. The van der Waals surface area contributed by atoms with Gasteiger partial charge < -0.3 is 16.2 Å². The van der Waals surface area contributed by atoms with Gasteiger partial charge in [0.1, 0.15) is 5.54 Å². The monoisotopic (exact) mass is 270 g/mol. The number of carboxylic acid groups (broad SMARTS) is 1. The van der Waals surface area contributed by atoms with E-state index in [1.807, 2.05) is 13.8 Å². The molecule has 0 radical (unpaired) electrons. The second kappa shape index (κ2) is 6.37. The minimum Gasteiger partial charge on any atom is -0.480 e. The fraction of sp³-hybridized carbons (Fsp3) is 0.857. The summed E-state index contributed by atoms with van der Waals surface area (Å²) in [6.07, 6.45) is 4.89. The standard InChI is InChI=1S/C14H26N2O3/c1-9(2)11(15)12(17)16-14(3,13(18)19)10-7-5-4-6-8-10/h9-11H,4-8,15H2,1-3H3,(H,16,17)(H,18,19). The lowest BCUT2D eigenvalue weighted by Gasteiger charge is -2.38. The van der Waals surface area contributed by atoms with Crippen LogP contribution in [0.5, 0.6) is 0 Å². The number of carbonyl (C=O) groups excluding carboxylic acids is 1. The second-order valence-corrected chi connectivity index (χ2v) is 6.10. The molecule has 19 heavy (non-hydrogen) atoms. The quantitative estimate of drug-likeness (QED) is 0.706. The van der Waals surface area contributed by atoms with E-state index in [2.05, 4.69) is 5.32 Å². The smallest absolute Gasteiger partial charge is 0.329 e. The fourth-order valence-electron chi connectivity index (χ4n) is 2.65. The highest BCUT2D eigenvalue weighted by Gasteiger charge is 2.43. The van der Waals surface area contributed by atoms with E-state index in [4.69, 9.17) is 5.73 Å². The van der Waals surface area contributed by atoms with Crippen LogP contribution in [0.25, 0.3) is 0 Å². The van der Waals surface area contributed by atoms with E-state index in [-0.39, 0.29) is 17.7 Å². The molecule has 1 saturated carbocycles. The van der Waals surface area contributed by atoms with Gasteiger partial charge >= 0.3 is 5.97 Å². The summed E-state index contributed by atoms with van der Waals surface area (Å²) in [6, 6.07) is -0.665. The van der Waals surface area contributed by atoms with Crippen LogP contribution in [0, 0.1) is 11.8 Å². The zero-order chi connectivity index (χ0) is 14.6. The van der Waals surface area contributed by atoms with E-state index in [0.717, 1.165) is 32.1 Å². The van der Waals surface area contributed by atoms with Crippen LogP contribution in [0.15, 0.2) is 0 Å². The van der Waals surface area contributed by atoms with Crippen LogP contribution in [-0.4, -0.2) is 28.6 Å². The highest BCUT2D eigenvalue weighted by Crippen LogP contribution is 2.33. The second-order valence-electron chi connectivity index (χ2n) is 6.10. The molecule has 1 fully saturated rings. The summed E-state index contributed by atoms with van der Waals surface area (Å²) in [6.45, 7) is 5.31. The van der Waals surface area contributed by atoms with Crippen molar-refractivity contribution >= 4 is 11.9 Å². The molecule has 1 aliphatic carbocycles. The van der Waals surface area contributed by atoms with Crippen molar-refractivity contribution in [1.29, 1.82) is 0 Å². The molecule has 2 atom stereocenters. The van der Waals surface area contributed by atoms with Crippen LogP contribution >= 0.6 is 0 Å². The molecule has 0 aromatic heterocycles. The summed E-state index contributed by atoms with van der Waals surface area (Å²) in [5.41, 5.74) is 4.59. The maximum Gasteiger partial charge on any atom is 0.329 e. The van der Waals surface area contributed by atoms with Gasteiger partial charge in [0.2, 0.25) is 5.91 Å². The van der Waals surface area contributed by atoms with Crippen LogP contribution in [0.3, 0.4) is 0 Å². The summed E-state index contributed by atoms with van der Waals surface area (Å²) in [4.78, 5) is 23.6. The number of rotatable bonds is 5. The minimum absolute atomic E-state index is 0.00981. The molecule has 2 unspecified atom stereocenters. The Labute approximate surface area is 114 Å². The summed E-state index contributed by atoms with van der Waals surface area (Å²) >= 11 is 0. The molecule has 0 bridgehead atoms. The van der Waals surface area contributed by atoms with Crippen LogP contribution in [0.4, 0.5) is 0 Å². The Balaban J connectivity index is 2.81. The Morgan fingerprint density at radius 1 is 1.26 bits per heavy atom. The first-order valence-electron chi connectivity index (χ1n) is 7.10. The molecule has 110 valence electrons. The number of carboxylic acids is 1. The van der Waals surface area contributed by atoms with Crippen LogP contribution in [0.1, 0.15) is 52.9 Å². The molecule has 1 rings (SSSR count). The Morgan fingerprint density at radius 3 is 2.21 bits per heavy atom. The van der Waals surface area contributed by atoms with Gasteiger partial charge in [-0.15, -0.1) is 0 Å². The SMILES string of the molecule is CC(C)C(N)C(=O)NC(C)(C(=O)O)C1CCCCC1. The third kappa shape index (κ3) is 3.69. The molecule has 0 saturated heterocycles. The lowest BCUT2D eigenvalue weighted by atomic mass is 9.75. The van der Waals surface area contributed by atoms with E-state index in [1.165, 1.54) is 0 Å². The maximum atomic E-state index is 12.0. The van der Waals surface area contributed by atoms with Crippen LogP contribution in [0.2, 0.25) is 0 Å². The van der Waals surface area contributed by atoms with Crippen molar-refractivity contribution < 1.29 is 14.7 Å². The van der Waals surface area contributed by atoms with E-state index < -0.39 is 17.6 Å². The molecule has 0 spiro atoms. The molecular weight excluding hydrogens is 244 g/mol. The number of carbonyl (C=O) groups is 2. The van der Waals surface area contributed by atoms with Crippen molar-refractivity contribution in [3.63, 3.8) is 0 Å². The van der Waals surface area contributed by atoms with Crippen molar-refractivity contribution in [3.8, 4) is 0 Å². The zero-order valence-electron chi connectivity index (χ0n) is 12.1. The first-order chi connectivity index (χ1) is 8.79. The third-order valence-electron chi connectivity index (χ3n) is 4.27. The number of hydrogen-bond acceptors (Lipinski definition) is 3. The predicted octanol–water partition coefficient (Wildman–Crippen LogP) is 1.51. The number of nitrogens with one attached hydrogen (secondary N) is 1. The summed E-state index contributed by atoms with van der Waals surface area (Å²) in [7, 11) is 0. The van der Waals surface area contributed by atoms with Gasteiger partial charge in [0.15, 0.2) is 0 Å².